The first-order chi connectivity index (χ1) is 7.77. The summed E-state index contributed by atoms with van der Waals surface area (Å²) in [6.07, 6.45) is 7.80. The van der Waals surface area contributed by atoms with Crippen LogP contribution in [0.15, 0.2) is 30.4 Å². The Balaban J connectivity index is 1.94. The standard InChI is InChI=1S/C13H16ClNO/c14-12-8-4-5-10(13(12)16)9-15-11-6-2-1-3-7-11/h1-2,4-5,8,11,15-16H,3,6-7,9H2. The van der Waals surface area contributed by atoms with Crippen LogP contribution in [0.1, 0.15) is 24.8 Å². The smallest absolute Gasteiger partial charge is 0.138 e. The molecule has 0 heterocycles. The zero-order valence-corrected chi connectivity index (χ0v) is 9.87. The van der Waals surface area contributed by atoms with Gasteiger partial charge in [0.1, 0.15) is 5.75 Å². The molecule has 0 aromatic heterocycles. The van der Waals surface area contributed by atoms with Gasteiger partial charge in [0.2, 0.25) is 0 Å². The lowest BCUT2D eigenvalue weighted by Crippen LogP contribution is -2.29. The van der Waals surface area contributed by atoms with Crippen molar-refractivity contribution in [2.24, 2.45) is 0 Å². The van der Waals surface area contributed by atoms with Gasteiger partial charge in [0.15, 0.2) is 0 Å². The first kappa shape index (κ1) is 11.5. The largest absolute Gasteiger partial charge is 0.506 e. The number of aromatic hydroxyl groups is 1. The predicted molar refractivity (Wildman–Crippen MR) is 66.7 cm³/mol. The summed E-state index contributed by atoms with van der Waals surface area (Å²) in [5.41, 5.74) is 0.863. The highest BCUT2D eigenvalue weighted by Gasteiger charge is 2.10. The van der Waals surface area contributed by atoms with Gasteiger partial charge in [-0.3, -0.25) is 0 Å². The van der Waals surface area contributed by atoms with Gasteiger partial charge in [-0.05, 0) is 25.3 Å². The van der Waals surface area contributed by atoms with Gasteiger partial charge < -0.3 is 10.4 Å². The normalized spacial score (nSPS) is 19.9. The van der Waals surface area contributed by atoms with Crippen molar-refractivity contribution in [1.82, 2.24) is 5.32 Å². The van der Waals surface area contributed by atoms with Crippen molar-refractivity contribution in [3.63, 3.8) is 0 Å². The number of hydrogen-bond acceptors (Lipinski definition) is 2. The van der Waals surface area contributed by atoms with E-state index in [0.717, 1.165) is 24.8 Å². The van der Waals surface area contributed by atoms with Crippen LogP contribution in [0.3, 0.4) is 0 Å². The minimum atomic E-state index is 0.197. The zero-order chi connectivity index (χ0) is 11.4. The van der Waals surface area contributed by atoms with E-state index in [9.17, 15) is 5.11 Å². The average Bonchev–Trinajstić information content (AvgIpc) is 2.32. The van der Waals surface area contributed by atoms with E-state index in [1.165, 1.54) is 0 Å². The van der Waals surface area contributed by atoms with Crippen LogP contribution < -0.4 is 5.32 Å². The minimum Gasteiger partial charge on any atom is -0.506 e. The molecule has 3 heteroatoms. The van der Waals surface area contributed by atoms with Crippen LogP contribution in [0, 0.1) is 0 Å². The Bertz CT molecular complexity index is 390. The summed E-state index contributed by atoms with van der Waals surface area (Å²) < 4.78 is 0. The molecule has 2 N–H and O–H groups in total. The number of nitrogens with one attached hydrogen (secondary N) is 1. The van der Waals surface area contributed by atoms with Gasteiger partial charge in [-0.1, -0.05) is 35.9 Å². The highest BCUT2D eigenvalue weighted by molar-refractivity contribution is 6.32. The van der Waals surface area contributed by atoms with E-state index in [-0.39, 0.29) is 5.75 Å². The molecule has 0 fully saturated rings. The summed E-state index contributed by atoms with van der Waals surface area (Å²) in [5.74, 6) is 0.197. The lowest BCUT2D eigenvalue weighted by molar-refractivity contribution is 0.444. The molecule has 16 heavy (non-hydrogen) atoms. The number of halogens is 1. The topological polar surface area (TPSA) is 32.3 Å². The molecule has 1 aliphatic rings. The maximum Gasteiger partial charge on any atom is 0.138 e. The number of benzene rings is 1. The molecule has 1 unspecified atom stereocenters. The van der Waals surface area contributed by atoms with Crippen LogP contribution in [-0.4, -0.2) is 11.1 Å². The molecule has 0 amide bonds. The molecule has 0 spiro atoms. The van der Waals surface area contributed by atoms with E-state index in [1.807, 2.05) is 12.1 Å². The number of rotatable bonds is 3. The number of phenolic OH excluding ortho intramolecular Hbond substituents is 1. The summed E-state index contributed by atoms with van der Waals surface area (Å²) in [7, 11) is 0. The van der Waals surface area contributed by atoms with E-state index < -0.39 is 0 Å². The summed E-state index contributed by atoms with van der Waals surface area (Å²) in [4.78, 5) is 0. The van der Waals surface area contributed by atoms with Gasteiger partial charge in [0.05, 0.1) is 5.02 Å². The highest BCUT2D eigenvalue weighted by Crippen LogP contribution is 2.27. The van der Waals surface area contributed by atoms with Crippen molar-refractivity contribution in [3.8, 4) is 5.75 Å². The van der Waals surface area contributed by atoms with Crippen molar-refractivity contribution in [2.45, 2.75) is 31.8 Å². The quantitative estimate of drug-likeness (QED) is 0.791. The second-order valence-electron chi connectivity index (χ2n) is 4.11. The van der Waals surface area contributed by atoms with Gasteiger partial charge in [-0.15, -0.1) is 0 Å². The van der Waals surface area contributed by atoms with Crippen LogP contribution in [0.25, 0.3) is 0 Å². The summed E-state index contributed by atoms with van der Waals surface area (Å²) in [6.45, 7) is 0.672. The molecule has 1 aliphatic carbocycles. The Morgan fingerprint density at radius 1 is 1.38 bits per heavy atom. The monoisotopic (exact) mass is 237 g/mol. The molecule has 1 aromatic rings. The summed E-state index contributed by atoms with van der Waals surface area (Å²) >= 11 is 5.85. The molecular weight excluding hydrogens is 222 g/mol. The molecule has 0 saturated heterocycles. The van der Waals surface area contributed by atoms with Crippen molar-refractivity contribution >= 4 is 11.6 Å². The first-order valence-corrected chi connectivity index (χ1v) is 6.00. The maximum atomic E-state index is 9.74. The zero-order valence-electron chi connectivity index (χ0n) is 9.12. The van der Waals surface area contributed by atoms with Crippen molar-refractivity contribution in [1.29, 1.82) is 0 Å². The molecule has 1 atom stereocenters. The predicted octanol–water partition coefficient (Wildman–Crippen LogP) is 3.24. The van der Waals surface area contributed by atoms with Gasteiger partial charge >= 0.3 is 0 Å². The average molecular weight is 238 g/mol. The van der Waals surface area contributed by atoms with Crippen LogP contribution in [-0.2, 0) is 6.54 Å². The fraction of sp³-hybridized carbons (Fsp3) is 0.385. The number of phenols is 1. The Labute approximate surface area is 101 Å². The second-order valence-corrected chi connectivity index (χ2v) is 4.52. The maximum absolute atomic E-state index is 9.74. The van der Waals surface area contributed by atoms with Crippen LogP contribution in [0.4, 0.5) is 0 Å². The number of para-hydroxylation sites is 1. The van der Waals surface area contributed by atoms with E-state index in [2.05, 4.69) is 17.5 Å². The number of hydrogen-bond donors (Lipinski definition) is 2. The van der Waals surface area contributed by atoms with Crippen LogP contribution >= 0.6 is 11.6 Å². The highest BCUT2D eigenvalue weighted by atomic mass is 35.5. The third-order valence-electron chi connectivity index (χ3n) is 2.92. The SMILES string of the molecule is Oc1c(Cl)cccc1CNC1CC=CCC1. The van der Waals surface area contributed by atoms with Crippen molar-refractivity contribution in [2.75, 3.05) is 0 Å². The molecule has 2 nitrogen and oxygen atoms in total. The van der Waals surface area contributed by atoms with Crippen molar-refractivity contribution < 1.29 is 5.11 Å². The number of allylic oxidation sites excluding steroid dienone is 1. The fourth-order valence-corrected chi connectivity index (χ4v) is 2.13. The van der Waals surface area contributed by atoms with Crippen LogP contribution in [0.5, 0.6) is 5.75 Å². The Kier molecular flexibility index (Phi) is 3.86. The lowest BCUT2D eigenvalue weighted by Gasteiger charge is -2.19. The lowest BCUT2D eigenvalue weighted by atomic mass is 10.0. The third-order valence-corrected chi connectivity index (χ3v) is 3.23. The molecule has 0 saturated carbocycles. The summed E-state index contributed by atoms with van der Waals surface area (Å²) in [5, 5.41) is 13.6. The van der Waals surface area contributed by atoms with Crippen molar-refractivity contribution in [3.05, 3.63) is 40.9 Å². The van der Waals surface area contributed by atoms with E-state index >= 15 is 0 Å². The van der Waals surface area contributed by atoms with Gasteiger partial charge in [-0.2, -0.15) is 0 Å². The molecule has 0 radical (unpaired) electrons. The Morgan fingerprint density at radius 3 is 3.00 bits per heavy atom. The fourth-order valence-electron chi connectivity index (χ4n) is 1.94. The molecule has 2 rings (SSSR count). The van der Waals surface area contributed by atoms with E-state index in [4.69, 9.17) is 11.6 Å². The van der Waals surface area contributed by atoms with Crippen LogP contribution in [0.2, 0.25) is 5.02 Å². The van der Waals surface area contributed by atoms with E-state index in [1.54, 1.807) is 6.07 Å². The molecule has 86 valence electrons. The van der Waals surface area contributed by atoms with E-state index in [0.29, 0.717) is 17.6 Å². The molecular formula is C13H16ClNO. The first-order valence-electron chi connectivity index (χ1n) is 5.62. The van der Waals surface area contributed by atoms with Gasteiger partial charge in [0.25, 0.3) is 0 Å². The second kappa shape index (κ2) is 5.37. The molecule has 0 aliphatic heterocycles. The molecule has 1 aromatic carbocycles. The third kappa shape index (κ3) is 2.77. The van der Waals surface area contributed by atoms with Gasteiger partial charge in [-0.25, -0.2) is 0 Å². The van der Waals surface area contributed by atoms with Gasteiger partial charge in [0, 0.05) is 18.2 Å². The summed E-state index contributed by atoms with van der Waals surface area (Å²) in [6, 6.07) is 5.97. The Hall–Kier alpha value is -0.990. The Morgan fingerprint density at radius 2 is 2.25 bits per heavy atom. The molecule has 0 bridgehead atoms. The minimum absolute atomic E-state index is 0.197.